The summed E-state index contributed by atoms with van der Waals surface area (Å²) in [6.45, 7) is 2.07. The summed E-state index contributed by atoms with van der Waals surface area (Å²) in [4.78, 5) is 8.46. The molecule has 8 heteroatoms. The van der Waals surface area contributed by atoms with Crippen LogP contribution >= 0.6 is 11.6 Å². The van der Waals surface area contributed by atoms with Crippen molar-refractivity contribution < 1.29 is 19.0 Å². The molecular formula is C19H19ClFN3O3. The number of fused-ring (bicyclic) bond motifs is 1. The van der Waals surface area contributed by atoms with Crippen molar-refractivity contribution in [3.63, 3.8) is 0 Å². The monoisotopic (exact) mass is 391 g/mol. The molecule has 0 saturated carbocycles. The van der Waals surface area contributed by atoms with Crippen LogP contribution in [0.5, 0.6) is 17.2 Å². The highest BCUT2D eigenvalue weighted by Gasteiger charge is 2.15. The van der Waals surface area contributed by atoms with E-state index in [-0.39, 0.29) is 11.4 Å². The number of benzene rings is 2. The number of anilines is 2. The molecule has 0 radical (unpaired) electrons. The van der Waals surface area contributed by atoms with Gasteiger partial charge in [-0.2, -0.15) is 0 Å². The number of aromatic hydroxyl groups is 1. The summed E-state index contributed by atoms with van der Waals surface area (Å²) in [7, 11) is 1.53. The maximum Gasteiger partial charge on any atom is 0.163 e. The lowest BCUT2D eigenvalue weighted by Crippen LogP contribution is -2.03. The first kappa shape index (κ1) is 19.0. The van der Waals surface area contributed by atoms with Gasteiger partial charge < -0.3 is 19.9 Å². The molecule has 3 rings (SSSR count). The summed E-state index contributed by atoms with van der Waals surface area (Å²) in [5.74, 6) is 1.43. The van der Waals surface area contributed by atoms with Crippen molar-refractivity contribution in [3.05, 3.63) is 42.0 Å². The first-order valence-corrected chi connectivity index (χ1v) is 8.85. The third-order valence-corrected chi connectivity index (χ3v) is 4.35. The predicted molar refractivity (Wildman–Crippen MR) is 103 cm³/mol. The van der Waals surface area contributed by atoms with Crippen LogP contribution in [0.2, 0.25) is 0 Å². The summed E-state index contributed by atoms with van der Waals surface area (Å²) in [5, 5.41) is 13.4. The Morgan fingerprint density at radius 1 is 1.22 bits per heavy atom. The molecule has 142 valence electrons. The van der Waals surface area contributed by atoms with Gasteiger partial charge in [-0.05, 0) is 31.5 Å². The third-order valence-electron chi connectivity index (χ3n) is 4.09. The number of aromatic nitrogens is 2. The zero-order chi connectivity index (χ0) is 19.4. The largest absolute Gasteiger partial charge is 0.508 e. The topological polar surface area (TPSA) is 76.5 Å². The van der Waals surface area contributed by atoms with Gasteiger partial charge in [0.2, 0.25) is 0 Å². The summed E-state index contributed by atoms with van der Waals surface area (Å²) < 4.78 is 25.3. The van der Waals surface area contributed by atoms with Crippen molar-refractivity contribution >= 4 is 34.0 Å². The second-order valence-corrected chi connectivity index (χ2v) is 6.20. The highest BCUT2D eigenvalue weighted by atomic mass is 35.5. The van der Waals surface area contributed by atoms with E-state index in [2.05, 4.69) is 15.3 Å². The third kappa shape index (κ3) is 3.98. The van der Waals surface area contributed by atoms with Crippen molar-refractivity contribution in [2.45, 2.75) is 13.3 Å². The Hall–Kier alpha value is -2.80. The van der Waals surface area contributed by atoms with Crippen LogP contribution in [0.3, 0.4) is 0 Å². The van der Waals surface area contributed by atoms with Crippen LogP contribution in [0.25, 0.3) is 10.9 Å². The van der Waals surface area contributed by atoms with Crippen LogP contribution in [0, 0.1) is 12.7 Å². The van der Waals surface area contributed by atoms with E-state index in [0.29, 0.717) is 52.7 Å². The van der Waals surface area contributed by atoms with Gasteiger partial charge in [-0.25, -0.2) is 14.4 Å². The summed E-state index contributed by atoms with van der Waals surface area (Å²) in [5.41, 5.74) is 1.14. The van der Waals surface area contributed by atoms with Crippen molar-refractivity contribution in [1.29, 1.82) is 0 Å². The Labute approximate surface area is 160 Å². The molecule has 0 aliphatic carbocycles. The van der Waals surface area contributed by atoms with Crippen LogP contribution in [-0.4, -0.2) is 34.7 Å². The molecule has 0 aliphatic heterocycles. The molecule has 0 atom stereocenters. The van der Waals surface area contributed by atoms with Crippen LogP contribution < -0.4 is 14.8 Å². The Balaban J connectivity index is 2.03. The molecule has 2 N–H and O–H groups in total. The number of ether oxygens (including phenoxy) is 2. The SMILES string of the molecule is COc1cc2c(Nc3c(F)ccc(O)c3C)ncnc2cc1OCCCCl. The Kier molecular flexibility index (Phi) is 5.81. The molecule has 1 aromatic heterocycles. The van der Waals surface area contributed by atoms with E-state index in [4.69, 9.17) is 21.1 Å². The van der Waals surface area contributed by atoms with Gasteiger partial charge in [0.15, 0.2) is 11.5 Å². The quantitative estimate of drug-likeness (QED) is 0.454. The minimum Gasteiger partial charge on any atom is -0.508 e. The number of phenolic OH excluding ortho intramolecular Hbond substituents is 1. The van der Waals surface area contributed by atoms with Crippen LogP contribution in [0.1, 0.15) is 12.0 Å². The molecule has 0 amide bonds. The first-order chi connectivity index (χ1) is 13.0. The van der Waals surface area contributed by atoms with Gasteiger partial charge in [0.1, 0.15) is 23.7 Å². The summed E-state index contributed by atoms with van der Waals surface area (Å²) in [6.07, 6.45) is 2.07. The number of nitrogens with zero attached hydrogens (tertiary/aromatic N) is 2. The molecule has 6 nitrogen and oxygen atoms in total. The van der Waals surface area contributed by atoms with Crippen LogP contribution in [0.15, 0.2) is 30.6 Å². The van der Waals surface area contributed by atoms with Crippen molar-refractivity contribution in [2.75, 3.05) is 24.9 Å². The van der Waals surface area contributed by atoms with Crippen molar-refractivity contribution in [2.24, 2.45) is 0 Å². The first-order valence-electron chi connectivity index (χ1n) is 8.31. The second kappa shape index (κ2) is 8.26. The number of hydrogen-bond donors (Lipinski definition) is 2. The number of halogens is 2. The number of methoxy groups -OCH3 is 1. The van der Waals surface area contributed by atoms with Crippen molar-refractivity contribution in [3.8, 4) is 17.2 Å². The smallest absolute Gasteiger partial charge is 0.163 e. The Morgan fingerprint density at radius 2 is 2.04 bits per heavy atom. The number of phenols is 1. The van der Waals surface area contributed by atoms with Gasteiger partial charge in [0.25, 0.3) is 0 Å². The minimum atomic E-state index is -0.495. The van der Waals surface area contributed by atoms with Gasteiger partial charge in [-0.1, -0.05) is 0 Å². The second-order valence-electron chi connectivity index (χ2n) is 5.83. The zero-order valence-electron chi connectivity index (χ0n) is 14.9. The molecule has 1 heterocycles. The molecule has 0 saturated heterocycles. The highest BCUT2D eigenvalue weighted by molar-refractivity contribution is 6.17. The lowest BCUT2D eigenvalue weighted by molar-refractivity contribution is 0.295. The van der Waals surface area contributed by atoms with Gasteiger partial charge in [-0.15, -0.1) is 11.6 Å². The lowest BCUT2D eigenvalue weighted by atomic mass is 10.1. The fraction of sp³-hybridized carbons (Fsp3) is 0.263. The maximum absolute atomic E-state index is 14.2. The molecule has 3 aromatic rings. The summed E-state index contributed by atoms with van der Waals surface area (Å²) in [6, 6.07) is 5.96. The molecule has 0 spiro atoms. The summed E-state index contributed by atoms with van der Waals surface area (Å²) >= 11 is 5.68. The van der Waals surface area contributed by atoms with E-state index >= 15 is 0 Å². The molecule has 0 bridgehead atoms. The van der Waals surface area contributed by atoms with Crippen LogP contribution in [0.4, 0.5) is 15.9 Å². The van der Waals surface area contributed by atoms with E-state index in [0.717, 1.165) is 0 Å². The van der Waals surface area contributed by atoms with E-state index in [1.54, 1.807) is 19.1 Å². The van der Waals surface area contributed by atoms with Crippen LogP contribution in [-0.2, 0) is 0 Å². The lowest BCUT2D eigenvalue weighted by Gasteiger charge is -2.15. The van der Waals surface area contributed by atoms with Gasteiger partial charge >= 0.3 is 0 Å². The average molecular weight is 392 g/mol. The minimum absolute atomic E-state index is 0.00943. The maximum atomic E-state index is 14.2. The zero-order valence-corrected chi connectivity index (χ0v) is 15.7. The molecule has 2 aromatic carbocycles. The fourth-order valence-corrected chi connectivity index (χ4v) is 2.72. The van der Waals surface area contributed by atoms with E-state index in [1.165, 1.54) is 25.6 Å². The van der Waals surface area contributed by atoms with E-state index in [9.17, 15) is 9.50 Å². The van der Waals surface area contributed by atoms with Gasteiger partial charge in [0, 0.05) is 22.9 Å². The number of hydrogen-bond acceptors (Lipinski definition) is 6. The van der Waals surface area contributed by atoms with Crippen molar-refractivity contribution in [1.82, 2.24) is 9.97 Å². The molecule has 27 heavy (non-hydrogen) atoms. The predicted octanol–water partition coefficient (Wildman–Crippen LogP) is 4.54. The van der Waals surface area contributed by atoms with Gasteiger partial charge in [-0.3, -0.25) is 0 Å². The van der Waals surface area contributed by atoms with E-state index in [1.807, 2.05) is 0 Å². The Morgan fingerprint density at radius 3 is 2.78 bits per heavy atom. The number of nitrogens with one attached hydrogen (secondary N) is 1. The van der Waals surface area contributed by atoms with Gasteiger partial charge in [0.05, 0.1) is 24.9 Å². The number of rotatable bonds is 7. The Bertz CT molecular complexity index is 969. The fourth-order valence-electron chi connectivity index (χ4n) is 2.61. The average Bonchev–Trinajstić information content (AvgIpc) is 2.68. The standard InChI is InChI=1S/C19H19ClFN3O3/c1-11-15(25)5-4-13(21)18(11)24-19-12-8-16(26-2)17(27-7-3-6-20)9-14(12)22-10-23-19/h4-5,8-10,25H,3,6-7H2,1-2H3,(H,22,23,24). The molecule has 0 unspecified atom stereocenters. The number of alkyl halides is 1. The highest BCUT2D eigenvalue weighted by Crippen LogP contribution is 2.36. The normalized spacial score (nSPS) is 10.8. The van der Waals surface area contributed by atoms with E-state index < -0.39 is 5.82 Å². The molecule has 0 aliphatic rings. The molecule has 0 fully saturated rings. The molecular weight excluding hydrogens is 373 g/mol.